The fourth-order valence-corrected chi connectivity index (χ4v) is 5.53. The highest BCUT2D eigenvalue weighted by Crippen LogP contribution is 2.25. The zero-order chi connectivity index (χ0) is 20.1. The standard InChI is InChI=1S/C20H31N3O4S/c1-16-5-3-4-10-23(16)28(25,26)19-8-6-18(7-9-19)20(24)21-15-17(2)22-11-13-27-14-12-22/h6-9,16-17H,3-5,10-15H2,1-2H3,(H,21,24). The van der Waals surface area contributed by atoms with Gasteiger partial charge in [0, 0.05) is 43.8 Å². The van der Waals surface area contributed by atoms with Gasteiger partial charge in [0.25, 0.3) is 5.91 Å². The van der Waals surface area contributed by atoms with E-state index in [9.17, 15) is 13.2 Å². The molecule has 2 saturated heterocycles. The third-order valence-electron chi connectivity index (χ3n) is 5.69. The van der Waals surface area contributed by atoms with E-state index in [0.29, 0.717) is 18.7 Å². The zero-order valence-electron chi connectivity index (χ0n) is 16.8. The fraction of sp³-hybridized carbons (Fsp3) is 0.650. The van der Waals surface area contributed by atoms with E-state index in [-0.39, 0.29) is 22.9 Å². The lowest BCUT2D eigenvalue weighted by Crippen LogP contribution is -2.47. The molecule has 2 unspecified atom stereocenters. The summed E-state index contributed by atoms with van der Waals surface area (Å²) >= 11 is 0. The van der Waals surface area contributed by atoms with Crippen LogP contribution in [0.15, 0.2) is 29.2 Å². The van der Waals surface area contributed by atoms with Crippen molar-refractivity contribution in [1.29, 1.82) is 0 Å². The third-order valence-corrected chi connectivity index (χ3v) is 7.72. The number of morpholine rings is 1. The van der Waals surface area contributed by atoms with Gasteiger partial charge in [-0.05, 0) is 51.0 Å². The van der Waals surface area contributed by atoms with Gasteiger partial charge in [0.2, 0.25) is 10.0 Å². The van der Waals surface area contributed by atoms with Crippen LogP contribution < -0.4 is 5.32 Å². The largest absolute Gasteiger partial charge is 0.379 e. The summed E-state index contributed by atoms with van der Waals surface area (Å²) in [5.74, 6) is -0.185. The minimum atomic E-state index is -3.51. The van der Waals surface area contributed by atoms with Crippen LogP contribution in [0, 0.1) is 0 Å². The van der Waals surface area contributed by atoms with Gasteiger partial charge < -0.3 is 10.1 Å². The molecule has 1 N–H and O–H groups in total. The molecule has 7 nitrogen and oxygen atoms in total. The van der Waals surface area contributed by atoms with Gasteiger partial charge in [0.15, 0.2) is 0 Å². The topological polar surface area (TPSA) is 79.0 Å². The lowest BCUT2D eigenvalue weighted by Gasteiger charge is -2.32. The zero-order valence-corrected chi connectivity index (χ0v) is 17.6. The summed E-state index contributed by atoms with van der Waals surface area (Å²) in [6.45, 7) is 8.34. The second-order valence-corrected chi connectivity index (χ2v) is 9.58. The average molecular weight is 410 g/mol. The molecule has 28 heavy (non-hydrogen) atoms. The van der Waals surface area contributed by atoms with E-state index in [2.05, 4.69) is 17.1 Å². The molecule has 2 aliphatic heterocycles. The first kappa shape index (κ1) is 21.2. The third kappa shape index (κ3) is 4.92. The Balaban J connectivity index is 1.59. The highest BCUT2D eigenvalue weighted by molar-refractivity contribution is 7.89. The maximum Gasteiger partial charge on any atom is 0.251 e. The first-order valence-corrected chi connectivity index (χ1v) is 11.6. The van der Waals surface area contributed by atoms with Crippen molar-refractivity contribution in [1.82, 2.24) is 14.5 Å². The van der Waals surface area contributed by atoms with Crippen molar-refractivity contribution in [3.63, 3.8) is 0 Å². The molecule has 0 radical (unpaired) electrons. The van der Waals surface area contributed by atoms with Crippen LogP contribution in [-0.2, 0) is 14.8 Å². The number of hydrogen-bond acceptors (Lipinski definition) is 5. The van der Waals surface area contributed by atoms with Gasteiger partial charge in [-0.1, -0.05) is 6.42 Å². The summed E-state index contributed by atoms with van der Waals surface area (Å²) in [6.07, 6.45) is 2.85. The number of nitrogens with zero attached hydrogens (tertiary/aromatic N) is 2. The number of carbonyl (C=O) groups excluding carboxylic acids is 1. The van der Waals surface area contributed by atoms with E-state index in [1.165, 1.54) is 12.1 Å². The molecule has 156 valence electrons. The maximum absolute atomic E-state index is 12.9. The Bertz CT molecular complexity index is 760. The molecule has 0 spiro atoms. The number of benzene rings is 1. The van der Waals surface area contributed by atoms with Gasteiger partial charge in [-0.25, -0.2) is 8.42 Å². The molecule has 1 aromatic carbocycles. The molecule has 1 amide bonds. The first-order valence-electron chi connectivity index (χ1n) is 10.1. The van der Waals surface area contributed by atoms with Crippen molar-refractivity contribution in [2.75, 3.05) is 39.4 Å². The Morgan fingerprint density at radius 2 is 1.86 bits per heavy atom. The van der Waals surface area contributed by atoms with Crippen molar-refractivity contribution >= 4 is 15.9 Å². The van der Waals surface area contributed by atoms with E-state index in [1.54, 1.807) is 16.4 Å². The molecular weight excluding hydrogens is 378 g/mol. The second kappa shape index (κ2) is 9.35. The molecule has 2 fully saturated rings. The molecule has 2 aliphatic rings. The molecule has 0 bridgehead atoms. The number of hydrogen-bond donors (Lipinski definition) is 1. The van der Waals surface area contributed by atoms with Crippen LogP contribution in [0.4, 0.5) is 0 Å². The minimum absolute atomic E-state index is 0.0170. The van der Waals surface area contributed by atoms with Crippen molar-refractivity contribution in [2.24, 2.45) is 0 Å². The number of piperidine rings is 1. The molecule has 0 aliphatic carbocycles. The van der Waals surface area contributed by atoms with Gasteiger partial charge in [-0.15, -0.1) is 0 Å². The van der Waals surface area contributed by atoms with Crippen LogP contribution in [0.1, 0.15) is 43.5 Å². The molecule has 0 saturated carbocycles. The summed E-state index contributed by atoms with van der Waals surface area (Å²) < 4.78 is 32.7. The Kier molecular flexibility index (Phi) is 7.09. The smallest absolute Gasteiger partial charge is 0.251 e. The molecule has 0 aromatic heterocycles. The summed E-state index contributed by atoms with van der Waals surface area (Å²) in [7, 11) is -3.51. The van der Waals surface area contributed by atoms with Crippen molar-refractivity contribution in [3.8, 4) is 0 Å². The Morgan fingerprint density at radius 1 is 1.18 bits per heavy atom. The number of ether oxygens (including phenoxy) is 1. The van der Waals surface area contributed by atoms with Gasteiger partial charge in [-0.3, -0.25) is 9.69 Å². The summed E-state index contributed by atoms with van der Waals surface area (Å²) in [5.41, 5.74) is 0.472. The van der Waals surface area contributed by atoms with E-state index in [0.717, 1.165) is 45.6 Å². The molecule has 3 rings (SSSR count). The highest BCUT2D eigenvalue weighted by atomic mass is 32.2. The van der Waals surface area contributed by atoms with Crippen molar-refractivity contribution in [2.45, 2.75) is 50.1 Å². The summed E-state index contributed by atoms with van der Waals surface area (Å²) in [5, 5.41) is 2.94. The van der Waals surface area contributed by atoms with Crippen LogP contribution in [0.3, 0.4) is 0 Å². The van der Waals surface area contributed by atoms with Gasteiger partial charge in [-0.2, -0.15) is 4.31 Å². The molecular formula is C20H31N3O4S. The van der Waals surface area contributed by atoms with E-state index in [4.69, 9.17) is 4.74 Å². The number of rotatable bonds is 6. The normalized spacial score (nSPS) is 23.3. The van der Waals surface area contributed by atoms with Crippen LogP contribution >= 0.6 is 0 Å². The predicted octanol–water partition coefficient (Wildman–Crippen LogP) is 1.70. The van der Waals surface area contributed by atoms with Gasteiger partial charge in [0.1, 0.15) is 0 Å². The highest BCUT2D eigenvalue weighted by Gasteiger charge is 2.31. The number of nitrogens with one attached hydrogen (secondary N) is 1. The van der Waals surface area contributed by atoms with Crippen LogP contribution in [0.5, 0.6) is 0 Å². The summed E-state index contributed by atoms with van der Waals surface area (Å²) in [4.78, 5) is 15.0. The molecule has 1 aromatic rings. The Labute approximate surface area is 168 Å². The quantitative estimate of drug-likeness (QED) is 0.774. The van der Waals surface area contributed by atoms with Crippen LogP contribution in [-0.4, -0.2) is 75.0 Å². The predicted molar refractivity (Wildman–Crippen MR) is 108 cm³/mol. The van der Waals surface area contributed by atoms with Gasteiger partial charge in [0.05, 0.1) is 18.1 Å². The Hall–Kier alpha value is -1.48. The second-order valence-electron chi connectivity index (χ2n) is 7.69. The average Bonchev–Trinajstić information content (AvgIpc) is 2.72. The van der Waals surface area contributed by atoms with E-state index >= 15 is 0 Å². The SMILES string of the molecule is CC(CNC(=O)c1ccc(S(=O)(=O)N2CCCCC2C)cc1)N1CCOCC1. The molecule has 2 atom stereocenters. The van der Waals surface area contributed by atoms with Crippen LogP contribution in [0.25, 0.3) is 0 Å². The first-order chi connectivity index (χ1) is 13.4. The Morgan fingerprint density at radius 3 is 2.50 bits per heavy atom. The number of sulfonamides is 1. The van der Waals surface area contributed by atoms with Gasteiger partial charge >= 0.3 is 0 Å². The van der Waals surface area contributed by atoms with E-state index < -0.39 is 10.0 Å². The number of carbonyl (C=O) groups is 1. The molecule has 2 heterocycles. The lowest BCUT2D eigenvalue weighted by molar-refractivity contribution is 0.0204. The van der Waals surface area contributed by atoms with Crippen molar-refractivity contribution < 1.29 is 17.9 Å². The minimum Gasteiger partial charge on any atom is -0.379 e. The number of amides is 1. The fourth-order valence-electron chi connectivity index (χ4n) is 3.83. The summed E-state index contributed by atoms with van der Waals surface area (Å²) in [6, 6.07) is 6.51. The molecule has 8 heteroatoms. The van der Waals surface area contributed by atoms with Crippen molar-refractivity contribution in [3.05, 3.63) is 29.8 Å². The maximum atomic E-state index is 12.9. The monoisotopic (exact) mass is 409 g/mol. The lowest BCUT2D eigenvalue weighted by atomic mass is 10.1. The van der Waals surface area contributed by atoms with E-state index in [1.807, 2.05) is 6.92 Å². The van der Waals surface area contributed by atoms with Crippen LogP contribution in [0.2, 0.25) is 0 Å².